The first kappa shape index (κ1) is 15.3. The van der Waals surface area contributed by atoms with E-state index in [0.717, 1.165) is 4.31 Å². The maximum atomic E-state index is 11.9. The zero-order chi connectivity index (χ0) is 15.3. The molecule has 1 heterocycles. The average Bonchev–Trinajstić information content (AvgIpc) is 2.45. The van der Waals surface area contributed by atoms with Gasteiger partial charge in [0.2, 0.25) is 15.9 Å². The molecule has 1 fully saturated rings. The van der Waals surface area contributed by atoms with Gasteiger partial charge in [0.15, 0.2) is 0 Å². The topological polar surface area (TPSA) is 88.6 Å². The fourth-order valence-electron chi connectivity index (χ4n) is 2.12. The van der Waals surface area contributed by atoms with E-state index in [-0.39, 0.29) is 21.9 Å². The van der Waals surface area contributed by atoms with Crippen LogP contribution in [-0.4, -0.2) is 28.5 Å². The quantitative estimate of drug-likeness (QED) is 0.757. The van der Waals surface area contributed by atoms with E-state index in [1.807, 2.05) is 0 Å². The Kier molecular flexibility index (Phi) is 3.60. The van der Waals surface area contributed by atoms with Crippen LogP contribution in [0.2, 0.25) is 0 Å². The summed E-state index contributed by atoms with van der Waals surface area (Å²) in [6, 6.07) is 3.78. The van der Waals surface area contributed by atoms with Crippen LogP contribution >= 0.6 is 10.7 Å². The van der Waals surface area contributed by atoms with Crippen LogP contribution in [0, 0.1) is 12.8 Å². The summed E-state index contributed by atoms with van der Waals surface area (Å²) in [6.07, 6.45) is 0. The minimum Gasteiger partial charge on any atom is -0.273 e. The summed E-state index contributed by atoms with van der Waals surface area (Å²) >= 11 is 0. The van der Waals surface area contributed by atoms with Crippen LogP contribution in [-0.2, 0) is 23.9 Å². The molecule has 1 aliphatic rings. The number of sulfonamides is 1. The number of halogens is 1. The number of benzene rings is 1. The van der Waals surface area contributed by atoms with Gasteiger partial charge >= 0.3 is 0 Å². The van der Waals surface area contributed by atoms with Crippen LogP contribution in [0.3, 0.4) is 0 Å². The van der Waals surface area contributed by atoms with Gasteiger partial charge in [-0.05, 0) is 30.7 Å². The van der Waals surface area contributed by atoms with Crippen molar-refractivity contribution >= 4 is 41.4 Å². The Bertz CT molecular complexity index is 785. The third-order valence-electron chi connectivity index (χ3n) is 3.02. The Morgan fingerprint density at radius 2 is 1.95 bits per heavy atom. The van der Waals surface area contributed by atoms with Gasteiger partial charge in [0.1, 0.15) is 0 Å². The Morgan fingerprint density at radius 3 is 2.35 bits per heavy atom. The molecule has 20 heavy (non-hydrogen) atoms. The number of hydrogen-bond acceptors (Lipinski definition) is 5. The SMILES string of the molecule is Cc1cc(N2C(=O)[C@@H](C)CS2(=O)=O)ccc1S(=O)(=O)Cl. The van der Waals surface area contributed by atoms with Gasteiger partial charge in [-0.2, -0.15) is 0 Å². The van der Waals surface area contributed by atoms with Gasteiger partial charge in [-0.1, -0.05) is 6.92 Å². The number of anilines is 1. The molecule has 0 radical (unpaired) electrons. The van der Waals surface area contributed by atoms with Crippen LogP contribution in [0.5, 0.6) is 0 Å². The van der Waals surface area contributed by atoms with Crippen LogP contribution in [0.1, 0.15) is 12.5 Å². The van der Waals surface area contributed by atoms with Crippen LogP contribution < -0.4 is 4.31 Å². The highest BCUT2D eigenvalue weighted by molar-refractivity contribution is 8.13. The Morgan fingerprint density at radius 1 is 1.35 bits per heavy atom. The highest BCUT2D eigenvalue weighted by Crippen LogP contribution is 2.31. The molecule has 1 aromatic rings. The predicted octanol–water partition coefficient (Wildman–Crippen LogP) is 1.24. The van der Waals surface area contributed by atoms with E-state index in [9.17, 15) is 21.6 Å². The van der Waals surface area contributed by atoms with Crippen molar-refractivity contribution in [1.82, 2.24) is 0 Å². The Balaban J connectivity index is 2.56. The fraction of sp³-hybridized carbons (Fsp3) is 0.364. The van der Waals surface area contributed by atoms with E-state index in [2.05, 4.69) is 0 Å². The average molecular weight is 338 g/mol. The number of carbonyl (C=O) groups excluding carboxylic acids is 1. The van der Waals surface area contributed by atoms with Crippen molar-refractivity contribution in [3.63, 3.8) is 0 Å². The molecule has 0 saturated carbocycles. The van der Waals surface area contributed by atoms with E-state index < -0.39 is 30.9 Å². The highest BCUT2D eigenvalue weighted by atomic mass is 35.7. The second-order valence-corrected chi connectivity index (χ2v) is 9.07. The Labute approximate surface area is 121 Å². The third kappa shape index (κ3) is 2.55. The van der Waals surface area contributed by atoms with Crippen LogP contribution in [0.4, 0.5) is 5.69 Å². The van der Waals surface area contributed by atoms with Gasteiger partial charge in [-0.15, -0.1) is 0 Å². The maximum absolute atomic E-state index is 11.9. The molecule has 0 bridgehead atoms. The summed E-state index contributed by atoms with van der Waals surface area (Å²) in [5.74, 6) is -1.39. The molecule has 1 aliphatic heterocycles. The second-order valence-electron chi connectivity index (χ2n) is 4.67. The van der Waals surface area contributed by atoms with Crippen molar-refractivity contribution in [1.29, 1.82) is 0 Å². The van der Waals surface area contributed by atoms with E-state index in [1.54, 1.807) is 0 Å². The van der Waals surface area contributed by atoms with Crippen LogP contribution in [0.25, 0.3) is 0 Å². The number of amides is 1. The smallest absolute Gasteiger partial charge is 0.261 e. The molecule has 1 saturated heterocycles. The summed E-state index contributed by atoms with van der Waals surface area (Å²) in [7, 11) is -2.35. The minimum atomic E-state index is -3.91. The number of nitrogens with zero attached hydrogens (tertiary/aromatic N) is 1. The molecule has 110 valence electrons. The molecule has 0 N–H and O–H groups in total. The first-order chi connectivity index (χ1) is 9.04. The molecule has 0 aliphatic carbocycles. The lowest BCUT2D eigenvalue weighted by Gasteiger charge is -2.16. The lowest BCUT2D eigenvalue weighted by Crippen LogP contribution is -2.30. The fourth-order valence-corrected chi connectivity index (χ4v) is 5.13. The minimum absolute atomic E-state index is 0.111. The standard InChI is InChI=1S/C11H12ClNO5S2/c1-7-5-9(3-4-10(7)20(12,17)18)13-11(14)8(2)6-19(13,15)16/h3-5,8H,6H2,1-2H3/t8-/m0/s1. The first-order valence-corrected chi connectivity index (χ1v) is 9.58. The number of rotatable bonds is 2. The molecular weight excluding hydrogens is 326 g/mol. The third-order valence-corrected chi connectivity index (χ3v) is 6.37. The predicted molar refractivity (Wildman–Crippen MR) is 74.7 cm³/mol. The second kappa shape index (κ2) is 4.71. The Hall–Kier alpha value is -1.12. The monoisotopic (exact) mass is 337 g/mol. The van der Waals surface area contributed by atoms with E-state index in [4.69, 9.17) is 10.7 Å². The lowest BCUT2D eigenvalue weighted by molar-refractivity contribution is -0.119. The van der Waals surface area contributed by atoms with Crippen molar-refractivity contribution in [3.8, 4) is 0 Å². The van der Waals surface area contributed by atoms with Gasteiger partial charge in [0, 0.05) is 10.7 Å². The van der Waals surface area contributed by atoms with Crippen molar-refractivity contribution in [2.75, 3.05) is 10.1 Å². The van der Waals surface area contributed by atoms with Crippen molar-refractivity contribution < 1.29 is 21.6 Å². The molecule has 2 rings (SSSR count). The molecule has 0 unspecified atom stereocenters. The molecule has 9 heteroatoms. The zero-order valence-corrected chi connectivity index (χ0v) is 13.1. The highest BCUT2D eigenvalue weighted by Gasteiger charge is 2.42. The molecular formula is C11H12ClNO5S2. The number of aryl methyl sites for hydroxylation is 1. The van der Waals surface area contributed by atoms with E-state index >= 15 is 0 Å². The van der Waals surface area contributed by atoms with Crippen molar-refractivity contribution in [2.24, 2.45) is 5.92 Å². The molecule has 0 aromatic heterocycles. The molecule has 1 aromatic carbocycles. The molecule has 1 amide bonds. The molecule has 0 spiro atoms. The zero-order valence-electron chi connectivity index (χ0n) is 10.7. The maximum Gasteiger partial charge on any atom is 0.261 e. The van der Waals surface area contributed by atoms with Crippen molar-refractivity contribution in [2.45, 2.75) is 18.7 Å². The van der Waals surface area contributed by atoms with Gasteiger partial charge in [-0.25, -0.2) is 21.1 Å². The molecule has 1 atom stereocenters. The van der Waals surface area contributed by atoms with Gasteiger partial charge in [0.25, 0.3) is 9.05 Å². The van der Waals surface area contributed by atoms with Gasteiger partial charge < -0.3 is 0 Å². The van der Waals surface area contributed by atoms with E-state index in [1.165, 1.54) is 32.0 Å². The lowest BCUT2D eigenvalue weighted by atomic mass is 10.2. The normalized spacial score (nSPS) is 22.2. The van der Waals surface area contributed by atoms with E-state index in [0.29, 0.717) is 0 Å². The molecule has 6 nitrogen and oxygen atoms in total. The summed E-state index contributed by atoms with van der Waals surface area (Å²) in [6.45, 7) is 3.01. The number of carbonyl (C=O) groups is 1. The summed E-state index contributed by atoms with van der Waals surface area (Å²) in [5, 5.41) is 0. The first-order valence-electron chi connectivity index (χ1n) is 5.66. The summed E-state index contributed by atoms with van der Waals surface area (Å²) in [5.41, 5.74) is 0.404. The summed E-state index contributed by atoms with van der Waals surface area (Å²) in [4.78, 5) is 11.8. The van der Waals surface area contributed by atoms with Crippen LogP contribution in [0.15, 0.2) is 23.1 Å². The number of hydrogen-bond donors (Lipinski definition) is 0. The summed E-state index contributed by atoms with van der Waals surface area (Å²) < 4.78 is 47.2. The largest absolute Gasteiger partial charge is 0.273 e. The van der Waals surface area contributed by atoms with Gasteiger partial charge in [-0.3, -0.25) is 4.79 Å². The van der Waals surface area contributed by atoms with Crippen molar-refractivity contribution in [3.05, 3.63) is 23.8 Å². The van der Waals surface area contributed by atoms with Gasteiger partial charge in [0.05, 0.1) is 22.3 Å².